The van der Waals surface area contributed by atoms with Gasteiger partial charge in [-0.25, -0.2) is 8.78 Å². The number of halogens is 2. The molecule has 2 aromatic rings. The van der Waals surface area contributed by atoms with Crippen LogP contribution in [0.2, 0.25) is 0 Å². The summed E-state index contributed by atoms with van der Waals surface area (Å²) in [5.74, 6) is -0.658. The molecule has 0 N–H and O–H groups in total. The number of methoxy groups -OCH3 is 1. The SMILES string of the molecule is COc1cc(F)c(CN2CCC(c3ccn(C)c(=O)c3)CC2)c(F)c1. The van der Waals surface area contributed by atoms with Crippen LogP contribution >= 0.6 is 0 Å². The highest BCUT2D eigenvalue weighted by atomic mass is 19.1. The average Bonchev–Trinajstić information content (AvgIpc) is 2.61. The first-order chi connectivity index (χ1) is 12.0. The van der Waals surface area contributed by atoms with Crippen molar-refractivity contribution in [3.05, 3.63) is 63.6 Å². The summed E-state index contributed by atoms with van der Waals surface area (Å²) in [6.07, 6.45) is 3.52. The minimum absolute atomic E-state index is 0.0118. The molecule has 134 valence electrons. The van der Waals surface area contributed by atoms with Crippen molar-refractivity contribution in [1.82, 2.24) is 9.47 Å². The molecule has 6 heteroatoms. The summed E-state index contributed by atoms with van der Waals surface area (Å²) in [6, 6.07) is 6.09. The molecule has 0 amide bonds. The summed E-state index contributed by atoms with van der Waals surface area (Å²) in [5, 5.41) is 0. The maximum absolute atomic E-state index is 14.1. The Morgan fingerprint density at radius 2 is 1.80 bits per heavy atom. The molecule has 0 saturated carbocycles. The van der Waals surface area contributed by atoms with Gasteiger partial charge in [0.1, 0.15) is 17.4 Å². The number of piperidine rings is 1. The average molecular weight is 348 g/mol. The van der Waals surface area contributed by atoms with Gasteiger partial charge in [-0.15, -0.1) is 0 Å². The van der Waals surface area contributed by atoms with E-state index in [0.29, 0.717) is 5.92 Å². The van der Waals surface area contributed by atoms with E-state index in [1.165, 1.54) is 19.2 Å². The number of rotatable bonds is 4. The van der Waals surface area contributed by atoms with Crippen molar-refractivity contribution >= 4 is 0 Å². The van der Waals surface area contributed by atoms with Crippen LogP contribution < -0.4 is 10.3 Å². The van der Waals surface area contributed by atoms with E-state index in [4.69, 9.17) is 4.74 Å². The van der Waals surface area contributed by atoms with Crippen molar-refractivity contribution in [3.8, 4) is 5.75 Å². The number of nitrogens with zero attached hydrogens (tertiary/aromatic N) is 2. The van der Waals surface area contributed by atoms with Crippen molar-refractivity contribution < 1.29 is 13.5 Å². The maximum Gasteiger partial charge on any atom is 0.250 e. The zero-order valence-electron chi connectivity index (χ0n) is 14.5. The standard InChI is InChI=1S/C19H22F2N2O2/c1-22-6-3-14(9-19(22)24)13-4-7-23(8-5-13)12-16-17(20)10-15(25-2)11-18(16)21/h3,6,9-11,13H,4-5,7-8,12H2,1-2H3. The van der Waals surface area contributed by atoms with Gasteiger partial charge in [0.25, 0.3) is 5.56 Å². The van der Waals surface area contributed by atoms with E-state index in [2.05, 4.69) is 0 Å². The fraction of sp³-hybridized carbons (Fsp3) is 0.421. The molecule has 4 nitrogen and oxygen atoms in total. The summed E-state index contributed by atoms with van der Waals surface area (Å²) in [6.45, 7) is 1.72. The highest BCUT2D eigenvalue weighted by molar-refractivity contribution is 5.30. The lowest BCUT2D eigenvalue weighted by Crippen LogP contribution is -2.33. The molecule has 0 atom stereocenters. The van der Waals surface area contributed by atoms with Crippen LogP contribution in [0.5, 0.6) is 5.75 Å². The van der Waals surface area contributed by atoms with E-state index in [1.54, 1.807) is 23.9 Å². The molecule has 1 aromatic carbocycles. The molecule has 1 fully saturated rings. The van der Waals surface area contributed by atoms with Crippen molar-refractivity contribution in [1.29, 1.82) is 0 Å². The molecule has 1 aliphatic heterocycles. The second-order valence-electron chi connectivity index (χ2n) is 6.53. The second-order valence-corrected chi connectivity index (χ2v) is 6.53. The number of hydrogen-bond acceptors (Lipinski definition) is 3. The Morgan fingerprint density at radius 1 is 1.16 bits per heavy atom. The van der Waals surface area contributed by atoms with E-state index in [0.717, 1.165) is 31.5 Å². The first-order valence-corrected chi connectivity index (χ1v) is 8.38. The van der Waals surface area contributed by atoms with Gasteiger partial charge in [0, 0.05) is 43.6 Å². The molecule has 0 bridgehead atoms. The van der Waals surface area contributed by atoms with Gasteiger partial charge in [0.05, 0.1) is 7.11 Å². The first-order valence-electron chi connectivity index (χ1n) is 8.38. The monoisotopic (exact) mass is 348 g/mol. The molecule has 1 aliphatic rings. The number of ether oxygens (including phenoxy) is 1. The Labute approximate surface area is 145 Å². The van der Waals surface area contributed by atoms with Crippen molar-refractivity contribution in [2.45, 2.75) is 25.3 Å². The van der Waals surface area contributed by atoms with Gasteiger partial charge in [-0.2, -0.15) is 0 Å². The smallest absolute Gasteiger partial charge is 0.250 e. The van der Waals surface area contributed by atoms with Gasteiger partial charge in [0.2, 0.25) is 0 Å². The maximum atomic E-state index is 14.1. The molecule has 2 heterocycles. The quantitative estimate of drug-likeness (QED) is 0.852. The predicted octanol–water partition coefficient (Wildman–Crippen LogP) is 3.05. The Kier molecular flexibility index (Phi) is 5.18. The van der Waals surface area contributed by atoms with Gasteiger partial charge in [-0.05, 0) is 43.5 Å². The van der Waals surface area contributed by atoms with E-state index in [9.17, 15) is 13.6 Å². The molecular weight excluding hydrogens is 326 g/mol. The summed E-state index contributed by atoms with van der Waals surface area (Å²) in [7, 11) is 3.11. The number of aryl methyl sites for hydroxylation is 1. The third kappa shape index (κ3) is 3.90. The summed E-state index contributed by atoms with van der Waals surface area (Å²) < 4.78 is 34.6. The number of hydrogen-bond donors (Lipinski definition) is 0. The van der Waals surface area contributed by atoms with Crippen molar-refractivity contribution in [2.75, 3.05) is 20.2 Å². The highest BCUT2D eigenvalue weighted by Gasteiger charge is 2.23. The van der Waals surface area contributed by atoms with Gasteiger partial charge < -0.3 is 9.30 Å². The van der Waals surface area contributed by atoms with Gasteiger partial charge in [0.15, 0.2) is 0 Å². The van der Waals surface area contributed by atoms with Crippen molar-refractivity contribution in [3.63, 3.8) is 0 Å². The van der Waals surface area contributed by atoms with Crippen LogP contribution in [0.15, 0.2) is 35.3 Å². The molecule has 1 aromatic heterocycles. The molecule has 0 unspecified atom stereocenters. The molecule has 0 radical (unpaired) electrons. The van der Waals surface area contributed by atoms with E-state index in [1.807, 2.05) is 11.0 Å². The molecule has 0 aliphatic carbocycles. The highest BCUT2D eigenvalue weighted by Crippen LogP contribution is 2.29. The Bertz CT molecular complexity index is 788. The lowest BCUT2D eigenvalue weighted by atomic mass is 9.90. The number of benzene rings is 1. The van der Waals surface area contributed by atoms with Crippen LogP contribution in [0.3, 0.4) is 0 Å². The fourth-order valence-corrected chi connectivity index (χ4v) is 3.31. The first kappa shape index (κ1) is 17.6. The topological polar surface area (TPSA) is 34.5 Å². The fourth-order valence-electron chi connectivity index (χ4n) is 3.31. The Morgan fingerprint density at radius 3 is 2.36 bits per heavy atom. The molecular formula is C19H22F2N2O2. The second kappa shape index (κ2) is 7.35. The van der Waals surface area contributed by atoms with Crippen LogP contribution in [-0.2, 0) is 13.6 Å². The minimum Gasteiger partial charge on any atom is -0.497 e. The largest absolute Gasteiger partial charge is 0.497 e. The summed E-state index contributed by atoms with van der Waals surface area (Å²) >= 11 is 0. The normalized spacial score (nSPS) is 16.2. The Balaban J connectivity index is 1.65. The van der Waals surface area contributed by atoms with E-state index < -0.39 is 11.6 Å². The van der Waals surface area contributed by atoms with Crippen LogP contribution in [0.4, 0.5) is 8.78 Å². The molecule has 0 spiro atoms. The summed E-state index contributed by atoms with van der Waals surface area (Å²) in [5.41, 5.74) is 1.11. The predicted molar refractivity (Wildman–Crippen MR) is 91.8 cm³/mol. The molecule has 1 saturated heterocycles. The zero-order valence-corrected chi connectivity index (χ0v) is 14.5. The van der Waals surface area contributed by atoms with Crippen LogP contribution in [0.25, 0.3) is 0 Å². The number of pyridine rings is 1. The third-order valence-electron chi connectivity index (χ3n) is 4.92. The van der Waals surface area contributed by atoms with Crippen LogP contribution in [0.1, 0.15) is 29.9 Å². The third-order valence-corrected chi connectivity index (χ3v) is 4.92. The van der Waals surface area contributed by atoms with Gasteiger partial charge in [-0.1, -0.05) is 0 Å². The number of likely N-dealkylation sites (tertiary alicyclic amines) is 1. The van der Waals surface area contributed by atoms with Crippen LogP contribution in [-0.4, -0.2) is 29.7 Å². The zero-order chi connectivity index (χ0) is 18.0. The lowest BCUT2D eigenvalue weighted by molar-refractivity contribution is 0.199. The van der Waals surface area contributed by atoms with E-state index in [-0.39, 0.29) is 23.4 Å². The van der Waals surface area contributed by atoms with Crippen LogP contribution in [0, 0.1) is 11.6 Å². The minimum atomic E-state index is -0.578. The van der Waals surface area contributed by atoms with E-state index >= 15 is 0 Å². The Hall–Kier alpha value is -2.21. The van der Waals surface area contributed by atoms with Gasteiger partial charge >= 0.3 is 0 Å². The molecule has 25 heavy (non-hydrogen) atoms. The summed E-state index contributed by atoms with van der Waals surface area (Å²) in [4.78, 5) is 13.8. The van der Waals surface area contributed by atoms with Gasteiger partial charge in [-0.3, -0.25) is 9.69 Å². The molecule has 3 rings (SSSR count). The lowest BCUT2D eigenvalue weighted by Gasteiger charge is -2.32. The van der Waals surface area contributed by atoms with Crippen molar-refractivity contribution in [2.24, 2.45) is 7.05 Å². The number of aromatic nitrogens is 1.